The van der Waals surface area contributed by atoms with E-state index in [0.717, 1.165) is 28.3 Å². The molecule has 0 atom stereocenters. The van der Waals surface area contributed by atoms with Crippen LogP contribution in [0.3, 0.4) is 0 Å². The molecular weight excluding hydrogens is 264 g/mol. The summed E-state index contributed by atoms with van der Waals surface area (Å²) in [4.78, 5) is 12.2. The normalized spacial score (nSPS) is 11.0. The fourth-order valence-corrected chi connectivity index (χ4v) is 2.33. The van der Waals surface area contributed by atoms with E-state index in [1.54, 1.807) is 0 Å². The Morgan fingerprint density at radius 1 is 1.24 bits per heavy atom. The molecule has 2 rings (SSSR count). The largest absolute Gasteiger partial charge is 0.483 e. The maximum atomic E-state index is 12.2. The average Bonchev–Trinajstić information content (AvgIpc) is 2.74. The zero-order valence-electron chi connectivity index (χ0n) is 13.3. The molecule has 0 aliphatic rings. The molecule has 0 aliphatic carbocycles. The average molecular weight is 286 g/mol. The van der Waals surface area contributed by atoms with Crippen LogP contribution in [-0.4, -0.2) is 22.3 Å². The summed E-state index contributed by atoms with van der Waals surface area (Å²) in [5, 5.41) is 4.18. The Labute approximate surface area is 125 Å². The number of rotatable bonds is 4. The highest BCUT2D eigenvalue weighted by atomic mass is 16.5. The Kier molecular flexibility index (Phi) is 4.46. The summed E-state index contributed by atoms with van der Waals surface area (Å²) in [6, 6.07) is 7.97. The van der Waals surface area contributed by atoms with Gasteiger partial charge < -0.3 is 4.74 Å². The highest BCUT2D eigenvalue weighted by Crippen LogP contribution is 2.27. The van der Waals surface area contributed by atoms with Crippen molar-refractivity contribution in [3.05, 3.63) is 46.8 Å². The van der Waals surface area contributed by atoms with E-state index in [4.69, 9.17) is 4.74 Å². The fourth-order valence-electron chi connectivity index (χ4n) is 2.33. The van der Waals surface area contributed by atoms with Gasteiger partial charge in [-0.3, -0.25) is 4.79 Å². The topological polar surface area (TPSA) is 44.1 Å². The van der Waals surface area contributed by atoms with E-state index in [9.17, 15) is 4.79 Å². The van der Waals surface area contributed by atoms with Gasteiger partial charge in [-0.05, 0) is 49.9 Å². The van der Waals surface area contributed by atoms with E-state index < -0.39 is 0 Å². The first-order valence-corrected chi connectivity index (χ1v) is 7.18. The first kappa shape index (κ1) is 15.3. The summed E-state index contributed by atoms with van der Waals surface area (Å²) in [7, 11) is 0. The van der Waals surface area contributed by atoms with Crippen LogP contribution in [0.15, 0.2) is 24.3 Å². The molecule has 0 unspecified atom stereocenters. The van der Waals surface area contributed by atoms with E-state index >= 15 is 0 Å². The minimum absolute atomic E-state index is 0.00880. The second-order valence-electron chi connectivity index (χ2n) is 5.72. The van der Waals surface area contributed by atoms with E-state index in [2.05, 4.69) is 31.1 Å². The Morgan fingerprint density at radius 3 is 2.52 bits per heavy atom. The standard InChI is InChI=1S/C17H22N2O2/c1-11(2)15-7-6-12(3)8-16(15)21-10-17(20)19-14(5)9-13(4)18-19/h6-9,11H,10H2,1-5H3. The smallest absolute Gasteiger partial charge is 0.284 e. The molecular formula is C17H22N2O2. The molecule has 0 N–H and O–H groups in total. The molecule has 112 valence electrons. The molecule has 2 aromatic rings. The number of hydrogen-bond donors (Lipinski definition) is 0. The minimum Gasteiger partial charge on any atom is -0.483 e. The van der Waals surface area contributed by atoms with Gasteiger partial charge in [-0.25, -0.2) is 4.68 Å². The van der Waals surface area contributed by atoms with Gasteiger partial charge in [0.2, 0.25) is 0 Å². The SMILES string of the molecule is Cc1ccc(C(C)C)c(OCC(=O)n2nc(C)cc2C)c1. The highest BCUT2D eigenvalue weighted by molar-refractivity contribution is 5.80. The molecule has 0 amide bonds. The van der Waals surface area contributed by atoms with Crippen LogP contribution >= 0.6 is 0 Å². The summed E-state index contributed by atoms with van der Waals surface area (Å²) >= 11 is 0. The third kappa shape index (κ3) is 3.51. The van der Waals surface area contributed by atoms with Crippen LogP contribution in [0.25, 0.3) is 0 Å². The van der Waals surface area contributed by atoms with E-state index in [0.29, 0.717) is 5.92 Å². The molecule has 4 nitrogen and oxygen atoms in total. The van der Waals surface area contributed by atoms with Crippen LogP contribution in [0.5, 0.6) is 5.75 Å². The number of benzene rings is 1. The van der Waals surface area contributed by atoms with Gasteiger partial charge in [-0.2, -0.15) is 5.10 Å². The summed E-state index contributed by atoms with van der Waals surface area (Å²) in [6.07, 6.45) is 0. The number of nitrogens with zero attached hydrogens (tertiary/aromatic N) is 2. The highest BCUT2D eigenvalue weighted by Gasteiger charge is 2.13. The molecule has 0 spiro atoms. The predicted octanol–water partition coefficient (Wildman–Crippen LogP) is 3.65. The predicted molar refractivity (Wildman–Crippen MR) is 83.1 cm³/mol. The van der Waals surface area contributed by atoms with Crippen molar-refractivity contribution in [2.45, 2.75) is 40.5 Å². The lowest BCUT2D eigenvalue weighted by molar-refractivity contribution is 0.0817. The number of carbonyl (C=O) groups excluding carboxylic acids is 1. The van der Waals surface area contributed by atoms with Gasteiger partial charge in [0.1, 0.15) is 5.75 Å². The summed E-state index contributed by atoms with van der Waals surface area (Å²) in [6.45, 7) is 9.96. The van der Waals surface area contributed by atoms with Gasteiger partial charge >= 0.3 is 0 Å². The molecule has 4 heteroatoms. The maximum Gasteiger partial charge on any atom is 0.284 e. The summed E-state index contributed by atoms with van der Waals surface area (Å²) < 4.78 is 7.15. The summed E-state index contributed by atoms with van der Waals surface area (Å²) in [5.74, 6) is 0.973. The van der Waals surface area contributed by atoms with E-state index in [-0.39, 0.29) is 12.5 Å². The molecule has 0 bridgehead atoms. The number of aryl methyl sites for hydroxylation is 3. The van der Waals surface area contributed by atoms with Gasteiger partial charge in [0, 0.05) is 5.69 Å². The molecule has 0 saturated carbocycles. The number of ether oxygens (including phenoxy) is 1. The van der Waals surface area contributed by atoms with Crippen molar-refractivity contribution < 1.29 is 9.53 Å². The Balaban J connectivity index is 2.14. The number of aromatic nitrogens is 2. The second-order valence-corrected chi connectivity index (χ2v) is 5.72. The maximum absolute atomic E-state index is 12.2. The first-order chi connectivity index (χ1) is 9.88. The van der Waals surface area contributed by atoms with Crippen molar-refractivity contribution >= 4 is 5.91 Å². The molecule has 1 aromatic carbocycles. The molecule has 1 aromatic heterocycles. The lowest BCUT2D eigenvalue weighted by Gasteiger charge is -2.14. The minimum atomic E-state index is -0.156. The molecule has 0 aliphatic heterocycles. The number of carbonyl (C=O) groups is 1. The zero-order valence-corrected chi connectivity index (χ0v) is 13.3. The van der Waals surface area contributed by atoms with Crippen LogP contribution in [0.1, 0.15) is 47.1 Å². The van der Waals surface area contributed by atoms with Crippen LogP contribution in [0.2, 0.25) is 0 Å². The van der Waals surface area contributed by atoms with Gasteiger partial charge in [0.25, 0.3) is 5.91 Å². The van der Waals surface area contributed by atoms with Gasteiger partial charge in [-0.15, -0.1) is 0 Å². The molecule has 0 saturated heterocycles. The first-order valence-electron chi connectivity index (χ1n) is 7.18. The Hall–Kier alpha value is -2.10. The van der Waals surface area contributed by atoms with Gasteiger partial charge in [0.15, 0.2) is 6.61 Å². The molecule has 0 fully saturated rings. The third-order valence-corrected chi connectivity index (χ3v) is 3.39. The van der Waals surface area contributed by atoms with Crippen molar-refractivity contribution in [2.24, 2.45) is 0 Å². The lowest BCUT2D eigenvalue weighted by atomic mass is 10.0. The van der Waals surface area contributed by atoms with Crippen LogP contribution in [-0.2, 0) is 0 Å². The van der Waals surface area contributed by atoms with Crippen molar-refractivity contribution in [1.29, 1.82) is 0 Å². The van der Waals surface area contributed by atoms with Crippen molar-refractivity contribution in [2.75, 3.05) is 6.61 Å². The Morgan fingerprint density at radius 2 is 1.95 bits per heavy atom. The lowest BCUT2D eigenvalue weighted by Crippen LogP contribution is -2.22. The van der Waals surface area contributed by atoms with Gasteiger partial charge in [0.05, 0.1) is 5.69 Å². The van der Waals surface area contributed by atoms with E-state index in [1.165, 1.54) is 4.68 Å². The van der Waals surface area contributed by atoms with Crippen molar-refractivity contribution in [3.63, 3.8) is 0 Å². The molecule has 21 heavy (non-hydrogen) atoms. The van der Waals surface area contributed by atoms with Crippen LogP contribution < -0.4 is 4.74 Å². The third-order valence-electron chi connectivity index (χ3n) is 3.39. The van der Waals surface area contributed by atoms with Crippen molar-refractivity contribution in [1.82, 2.24) is 9.78 Å². The van der Waals surface area contributed by atoms with Crippen LogP contribution in [0.4, 0.5) is 0 Å². The van der Waals surface area contributed by atoms with E-state index in [1.807, 2.05) is 32.9 Å². The quantitative estimate of drug-likeness (QED) is 0.861. The molecule has 1 heterocycles. The fraction of sp³-hybridized carbons (Fsp3) is 0.412. The monoisotopic (exact) mass is 286 g/mol. The summed E-state index contributed by atoms with van der Waals surface area (Å²) in [5.41, 5.74) is 3.89. The number of hydrogen-bond acceptors (Lipinski definition) is 3. The van der Waals surface area contributed by atoms with Crippen molar-refractivity contribution in [3.8, 4) is 5.75 Å². The zero-order chi connectivity index (χ0) is 15.6. The molecule has 0 radical (unpaired) electrons. The van der Waals surface area contributed by atoms with Gasteiger partial charge in [-0.1, -0.05) is 26.0 Å². The Bertz CT molecular complexity index is 657. The van der Waals surface area contributed by atoms with Crippen LogP contribution in [0, 0.1) is 20.8 Å². The second kappa shape index (κ2) is 6.12.